The van der Waals surface area contributed by atoms with Gasteiger partial charge in [-0.05, 0) is 5.75 Å². The Bertz CT molecular complexity index is 250. The van der Waals surface area contributed by atoms with Crippen molar-refractivity contribution >= 4 is 30.2 Å². The second-order valence-corrected chi connectivity index (χ2v) is 3.31. The molecule has 2 amide bonds. The van der Waals surface area contributed by atoms with Gasteiger partial charge in [0.1, 0.15) is 6.61 Å². The summed E-state index contributed by atoms with van der Waals surface area (Å²) in [7, 11) is 0. The molecule has 0 aromatic heterocycles. The van der Waals surface area contributed by atoms with Gasteiger partial charge in [-0.3, -0.25) is 19.2 Å². The van der Waals surface area contributed by atoms with Gasteiger partial charge in [0.25, 0.3) is 11.8 Å². The lowest BCUT2D eigenvalue weighted by Gasteiger charge is -2.11. The van der Waals surface area contributed by atoms with Crippen LogP contribution in [0, 0.1) is 0 Å². The van der Waals surface area contributed by atoms with Gasteiger partial charge in [0, 0.05) is 19.3 Å². The van der Waals surface area contributed by atoms with Gasteiger partial charge < -0.3 is 0 Å². The molecular formula is C8H11NO4S. The fraction of sp³-hybridized carbons (Fsp3) is 0.625. The normalized spacial score (nSPS) is 16.5. The van der Waals surface area contributed by atoms with Gasteiger partial charge in [0.2, 0.25) is 0 Å². The number of hydrogen-bond acceptors (Lipinski definition) is 5. The summed E-state index contributed by atoms with van der Waals surface area (Å²) in [4.78, 5) is 37.8. The van der Waals surface area contributed by atoms with Crippen LogP contribution in [-0.2, 0) is 19.2 Å². The number of carbonyl (C=O) groups excluding carboxylic acids is 3. The van der Waals surface area contributed by atoms with Crippen LogP contribution in [-0.4, -0.2) is 35.0 Å². The third-order valence-electron chi connectivity index (χ3n) is 1.75. The molecule has 1 heterocycles. The molecule has 0 saturated carbocycles. The molecule has 1 fully saturated rings. The SMILES string of the molecule is O=C(CCS)CON1C(=O)CCC1=O. The van der Waals surface area contributed by atoms with Crippen LogP contribution < -0.4 is 0 Å². The highest BCUT2D eigenvalue weighted by Gasteiger charge is 2.30. The summed E-state index contributed by atoms with van der Waals surface area (Å²) in [6.45, 7) is -0.238. The van der Waals surface area contributed by atoms with E-state index in [0.717, 1.165) is 0 Å². The monoisotopic (exact) mass is 217 g/mol. The first-order valence-electron chi connectivity index (χ1n) is 4.26. The van der Waals surface area contributed by atoms with E-state index in [4.69, 9.17) is 4.84 Å². The lowest BCUT2D eigenvalue weighted by molar-refractivity contribution is -0.188. The zero-order valence-corrected chi connectivity index (χ0v) is 8.46. The predicted octanol–water partition coefficient (Wildman–Crippen LogP) is -0.0440. The van der Waals surface area contributed by atoms with Crippen LogP contribution in [0.25, 0.3) is 0 Å². The summed E-state index contributed by atoms with van der Waals surface area (Å²) >= 11 is 3.87. The van der Waals surface area contributed by atoms with Crippen LogP contribution in [0.3, 0.4) is 0 Å². The van der Waals surface area contributed by atoms with E-state index in [1.807, 2.05) is 0 Å². The fourth-order valence-corrected chi connectivity index (χ4v) is 1.28. The number of carbonyl (C=O) groups is 3. The van der Waals surface area contributed by atoms with Crippen LogP contribution in [0.5, 0.6) is 0 Å². The number of hydrogen-bond donors (Lipinski definition) is 1. The van der Waals surface area contributed by atoms with Gasteiger partial charge in [-0.25, -0.2) is 0 Å². The summed E-state index contributed by atoms with van der Waals surface area (Å²) in [6.07, 6.45) is 0.610. The average molecular weight is 217 g/mol. The minimum absolute atomic E-state index is 0.166. The maximum atomic E-state index is 11.0. The minimum Gasteiger partial charge on any atom is -0.297 e. The van der Waals surface area contributed by atoms with Crippen LogP contribution in [0.1, 0.15) is 19.3 Å². The molecule has 6 heteroatoms. The molecule has 78 valence electrons. The van der Waals surface area contributed by atoms with Gasteiger partial charge in [-0.1, -0.05) is 0 Å². The molecule has 0 aliphatic carbocycles. The fourth-order valence-electron chi connectivity index (χ4n) is 1.03. The van der Waals surface area contributed by atoms with E-state index in [-0.39, 0.29) is 43.5 Å². The Morgan fingerprint density at radius 3 is 2.43 bits per heavy atom. The molecule has 5 nitrogen and oxygen atoms in total. The summed E-state index contributed by atoms with van der Waals surface area (Å²) in [6, 6.07) is 0. The van der Waals surface area contributed by atoms with Crippen molar-refractivity contribution in [3.63, 3.8) is 0 Å². The molecule has 0 radical (unpaired) electrons. The molecule has 0 aromatic rings. The number of Topliss-reactive ketones (excluding diaryl/α,β-unsaturated/α-hetero) is 1. The van der Waals surface area contributed by atoms with E-state index in [1.54, 1.807) is 0 Å². The van der Waals surface area contributed by atoms with Crippen LogP contribution >= 0.6 is 12.6 Å². The Balaban J connectivity index is 2.33. The summed E-state index contributed by atoms with van der Waals surface area (Å²) in [5, 5.41) is 0.677. The highest BCUT2D eigenvalue weighted by molar-refractivity contribution is 7.80. The summed E-state index contributed by atoms with van der Waals surface area (Å²) < 4.78 is 0. The van der Waals surface area contributed by atoms with Crippen molar-refractivity contribution in [1.82, 2.24) is 5.06 Å². The lowest BCUT2D eigenvalue weighted by atomic mass is 10.3. The third kappa shape index (κ3) is 2.81. The standard InChI is InChI=1S/C8H11NO4S/c10-6(3-4-14)5-13-9-7(11)1-2-8(9)12/h14H,1-5H2. The largest absolute Gasteiger partial charge is 0.297 e. The molecule has 1 rings (SSSR count). The topological polar surface area (TPSA) is 63.7 Å². The quantitative estimate of drug-likeness (QED) is 0.518. The molecule has 1 saturated heterocycles. The molecule has 0 bridgehead atoms. The van der Waals surface area contributed by atoms with Gasteiger partial charge >= 0.3 is 0 Å². The number of imide groups is 1. The summed E-state index contributed by atoms with van der Waals surface area (Å²) in [5.74, 6) is -0.501. The van der Waals surface area contributed by atoms with Gasteiger partial charge in [-0.15, -0.1) is 0 Å². The van der Waals surface area contributed by atoms with Crippen LogP contribution in [0.4, 0.5) is 0 Å². The van der Waals surface area contributed by atoms with E-state index in [1.165, 1.54) is 0 Å². The Kier molecular flexibility index (Phi) is 4.09. The van der Waals surface area contributed by atoms with Crippen molar-refractivity contribution in [3.8, 4) is 0 Å². The molecule has 1 aliphatic rings. The van der Waals surface area contributed by atoms with Crippen molar-refractivity contribution in [2.45, 2.75) is 19.3 Å². The van der Waals surface area contributed by atoms with Gasteiger partial charge in [-0.2, -0.15) is 17.7 Å². The molecule has 0 aromatic carbocycles. The molecule has 0 spiro atoms. The van der Waals surface area contributed by atoms with Crippen molar-refractivity contribution in [2.24, 2.45) is 0 Å². The first-order chi connectivity index (χ1) is 6.65. The predicted molar refractivity (Wildman–Crippen MR) is 50.5 cm³/mol. The van der Waals surface area contributed by atoms with Gasteiger partial charge in [0.05, 0.1) is 0 Å². The maximum absolute atomic E-state index is 11.0. The summed E-state index contributed by atoms with van der Waals surface area (Å²) in [5.41, 5.74) is 0. The van der Waals surface area contributed by atoms with Crippen molar-refractivity contribution < 1.29 is 19.2 Å². The Morgan fingerprint density at radius 1 is 1.36 bits per heavy atom. The average Bonchev–Trinajstić information content (AvgIpc) is 2.44. The molecule has 0 unspecified atom stereocenters. The molecule has 1 aliphatic heterocycles. The second-order valence-electron chi connectivity index (χ2n) is 2.87. The van der Waals surface area contributed by atoms with Gasteiger partial charge in [0.15, 0.2) is 5.78 Å². The number of amides is 2. The second kappa shape index (κ2) is 5.11. The van der Waals surface area contributed by atoms with E-state index < -0.39 is 0 Å². The van der Waals surface area contributed by atoms with Crippen molar-refractivity contribution in [3.05, 3.63) is 0 Å². The van der Waals surface area contributed by atoms with Crippen LogP contribution in [0.15, 0.2) is 0 Å². The van der Waals surface area contributed by atoms with Crippen molar-refractivity contribution in [1.29, 1.82) is 0 Å². The molecule has 0 atom stereocenters. The molecular weight excluding hydrogens is 206 g/mol. The van der Waals surface area contributed by atoms with E-state index in [2.05, 4.69) is 12.6 Å². The van der Waals surface area contributed by atoms with E-state index in [9.17, 15) is 14.4 Å². The first kappa shape index (κ1) is 11.2. The number of hydroxylamine groups is 2. The zero-order chi connectivity index (χ0) is 10.6. The van der Waals surface area contributed by atoms with Crippen molar-refractivity contribution in [2.75, 3.05) is 12.4 Å². The number of nitrogens with zero attached hydrogens (tertiary/aromatic N) is 1. The van der Waals surface area contributed by atoms with Crippen LogP contribution in [0.2, 0.25) is 0 Å². The third-order valence-corrected chi connectivity index (χ3v) is 1.97. The minimum atomic E-state index is -0.381. The number of rotatable bonds is 5. The number of ketones is 1. The first-order valence-corrected chi connectivity index (χ1v) is 4.89. The highest BCUT2D eigenvalue weighted by atomic mass is 32.1. The highest BCUT2D eigenvalue weighted by Crippen LogP contribution is 2.11. The number of thiol groups is 1. The lowest BCUT2D eigenvalue weighted by Crippen LogP contribution is -2.31. The van der Waals surface area contributed by atoms with E-state index >= 15 is 0 Å². The zero-order valence-electron chi connectivity index (χ0n) is 7.56. The Hall–Kier alpha value is -0.880. The molecule has 14 heavy (non-hydrogen) atoms. The smallest absolute Gasteiger partial charge is 0.254 e. The Labute approximate surface area is 86.8 Å². The molecule has 0 N–H and O–H groups in total. The Morgan fingerprint density at radius 2 is 1.93 bits per heavy atom. The van der Waals surface area contributed by atoms with E-state index in [0.29, 0.717) is 10.8 Å². The maximum Gasteiger partial charge on any atom is 0.254 e.